The van der Waals surface area contributed by atoms with Gasteiger partial charge in [0.05, 0.1) is 37.0 Å². The molecule has 3 N–H and O–H groups in total. The molecule has 0 saturated heterocycles. The number of halogens is 7. The van der Waals surface area contributed by atoms with Crippen LogP contribution in [0.15, 0.2) is 112 Å². The zero-order valence-electron chi connectivity index (χ0n) is 33.5. The molecule has 0 amide bonds. The van der Waals surface area contributed by atoms with Crippen molar-refractivity contribution in [2.45, 2.75) is 46.1 Å². The third-order valence-electron chi connectivity index (χ3n) is 8.54. The van der Waals surface area contributed by atoms with E-state index in [9.17, 15) is 26.3 Å². The number of aryl methyl sites for hydroxylation is 2. The van der Waals surface area contributed by atoms with Crippen molar-refractivity contribution in [3.63, 3.8) is 0 Å². The molecule has 2 atom stereocenters. The number of ether oxygens (including phenoxy) is 4. The van der Waals surface area contributed by atoms with Crippen LogP contribution in [0, 0.1) is 13.8 Å². The molecule has 6 heterocycles. The van der Waals surface area contributed by atoms with Gasteiger partial charge < -0.3 is 28.5 Å². The molecule has 0 bridgehead atoms. The van der Waals surface area contributed by atoms with Crippen molar-refractivity contribution in [2.75, 3.05) is 27.4 Å². The largest absolute Gasteiger partial charge is 0.573 e. The summed E-state index contributed by atoms with van der Waals surface area (Å²) in [6, 6.07) is 17.2. The number of imidazole rings is 2. The van der Waals surface area contributed by atoms with Gasteiger partial charge in [-0.1, -0.05) is 31.7 Å². The molecule has 23 heteroatoms. The third kappa shape index (κ3) is 13.6. The van der Waals surface area contributed by atoms with E-state index in [1.54, 1.807) is 41.6 Å². The highest BCUT2D eigenvalue weighted by Gasteiger charge is 2.32. The highest BCUT2D eigenvalue weighted by atomic mass is 79.9. The molecule has 0 radical (unpaired) electrons. The molecule has 2 unspecified atom stereocenters. The van der Waals surface area contributed by atoms with Crippen LogP contribution in [0.2, 0.25) is 0 Å². The molecule has 0 aliphatic carbocycles. The van der Waals surface area contributed by atoms with Gasteiger partial charge in [-0.25, -0.2) is 30.9 Å². The number of H-pyrrole nitrogens is 1. The standard InChI is InChI=1S/C20H18F3N5O3.C16H13BrF3N3O3.C4H6N2.CH4/c1-12-9-28(11-24-12)17-8-7-15(26-19(17)29-2)18-25-16(10-30-27-18)13-3-5-14(6-4-13)31-20(21,22)23;1-24-15-11(17)6-7-12(22-15)14-21-13(8-25-23-14)9-2-4-10(5-3-9)26-16(18,19)20;1-4-2-5-3-6-4;/h3-9,11,16H,10H2,1-2H3,(H,25,27);2-7,13H,8H2,1H3,(H,21,23);2-3H,1H3,(H,5,6);1H4. The number of alkyl halides is 6. The summed E-state index contributed by atoms with van der Waals surface area (Å²) >= 11 is 3.32. The Morgan fingerprint density at radius 3 is 1.61 bits per heavy atom. The maximum absolute atomic E-state index is 12.3. The summed E-state index contributed by atoms with van der Waals surface area (Å²) in [6.45, 7) is 4.26. The number of methoxy groups -OCH3 is 2. The van der Waals surface area contributed by atoms with Crippen LogP contribution in [0.3, 0.4) is 0 Å². The van der Waals surface area contributed by atoms with Gasteiger partial charge >= 0.3 is 12.7 Å². The maximum atomic E-state index is 12.3. The summed E-state index contributed by atoms with van der Waals surface area (Å²) in [4.78, 5) is 39.5. The van der Waals surface area contributed by atoms with Crippen LogP contribution in [0.25, 0.3) is 5.69 Å². The Bertz CT molecular complexity index is 2490. The normalized spacial score (nSPS) is 15.8. The Hall–Kier alpha value is -6.72. The Labute approximate surface area is 370 Å². The highest BCUT2D eigenvalue weighted by Crippen LogP contribution is 2.30. The molecule has 340 valence electrons. The lowest BCUT2D eigenvalue weighted by atomic mass is 10.1. The summed E-state index contributed by atoms with van der Waals surface area (Å²) in [5.41, 5.74) is 10.4. The van der Waals surface area contributed by atoms with Crippen LogP contribution in [0.5, 0.6) is 23.3 Å². The lowest BCUT2D eigenvalue weighted by Crippen LogP contribution is -2.33. The predicted molar refractivity (Wildman–Crippen MR) is 224 cm³/mol. The number of benzene rings is 2. The Morgan fingerprint density at radius 1 is 0.703 bits per heavy atom. The first-order valence-corrected chi connectivity index (χ1v) is 19.2. The van der Waals surface area contributed by atoms with Crippen molar-refractivity contribution in [2.24, 2.45) is 9.98 Å². The smallest absolute Gasteiger partial charge is 0.480 e. The third-order valence-corrected chi connectivity index (χ3v) is 9.14. The average molecular weight is 964 g/mol. The summed E-state index contributed by atoms with van der Waals surface area (Å²) in [6.07, 6.45) is -2.51. The molecule has 16 nitrogen and oxygen atoms in total. The van der Waals surface area contributed by atoms with Crippen molar-refractivity contribution in [1.82, 2.24) is 40.4 Å². The Balaban J connectivity index is 0.000000212. The number of amidine groups is 2. The van der Waals surface area contributed by atoms with E-state index in [-0.39, 0.29) is 32.1 Å². The second-order valence-electron chi connectivity index (χ2n) is 13.1. The van der Waals surface area contributed by atoms with Crippen molar-refractivity contribution in [1.29, 1.82) is 0 Å². The van der Waals surface area contributed by atoms with Gasteiger partial charge in [0.25, 0.3) is 0 Å². The fourth-order valence-electron chi connectivity index (χ4n) is 5.67. The Kier molecular flexibility index (Phi) is 16.3. The Morgan fingerprint density at radius 2 is 1.20 bits per heavy atom. The first-order valence-electron chi connectivity index (χ1n) is 18.4. The lowest BCUT2D eigenvalue weighted by molar-refractivity contribution is -0.275. The van der Waals surface area contributed by atoms with Gasteiger partial charge in [0.2, 0.25) is 11.8 Å². The number of aliphatic imine (C=N–C) groups is 2. The van der Waals surface area contributed by atoms with Crippen LogP contribution >= 0.6 is 15.9 Å². The van der Waals surface area contributed by atoms with E-state index in [1.807, 2.05) is 26.1 Å². The number of nitrogens with one attached hydrogen (secondary N) is 3. The number of aromatic amines is 1. The molecular formula is C41H41BrF6N10O6. The van der Waals surface area contributed by atoms with Crippen molar-refractivity contribution >= 4 is 27.6 Å². The van der Waals surface area contributed by atoms with Gasteiger partial charge in [-0.05, 0) is 89.4 Å². The molecule has 4 aromatic heterocycles. The topological polar surface area (TPSA) is 176 Å². The van der Waals surface area contributed by atoms with E-state index in [2.05, 4.69) is 71.3 Å². The summed E-state index contributed by atoms with van der Waals surface area (Å²) < 4.78 is 94.5. The number of aromatic nitrogens is 6. The second-order valence-corrected chi connectivity index (χ2v) is 14.0. The number of nitrogens with zero attached hydrogens (tertiary/aromatic N) is 7. The fourth-order valence-corrected chi connectivity index (χ4v) is 6.05. The highest BCUT2D eigenvalue weighted by molar-refractivity contribution is 9.10. The summed E-state index contributed by atoms with van der Waals surface area (Å²) in [7, 11) is 3.01. The molecule has 2 aromatic carbocycles. The second kappa shape index (κ2) is 21.6. The van der Waals surface area contributed by atoms with E-state index in [1.165, 1.54) is 62.8 Å². The van der Waals surface area contributed by atoms with Crippen LogP contribution in [-0.2, 0) is 9.68 Å². The molecule has 64 heavy (non-hydrogen) atoms. The van der Waals surface area contributed by atoms with Crippen LogP contribution < -0.4 is 29.9 Å². The van der Waals surface area contributed by atoms with Gasteiger partial charge in [-0.15, -0.1) is 26.3 Å². The predicted octanol–water partition coefficient (Wildman–Crippen LogP) is 8.63. The van der Waals surface area contributed by atoms with Gasteiger partial charge in [-0.2, -0.15) is 0 Å². The first-order chi connectivity index (χ1) is 30.1. The molecule has 0 fully saturated rings. The van der Waals surface area contributed by atoms with Gasteiger partial charge in [0, 0.05) is 18.1 Å². The summed E-state index contributed by atoms with van der Waals surface area (Å²) in [5.74, 6) is 0.936. The van der Waals surface area contributed by atoms with Gasteiger partial charge in [0.15, 0.2) is 11.7 Å². The zero-order valence-corrected chi connectivity index (χ0v) is 35.1. The van der Waals surface area contributed by atoms with Crippen molar-refractivity contribution in [3.8, 4) is 28.9 Å². The van der Waals surface area contributed by atoms with Crippen molar-refractivity contribution < 1.29 is 55.0 Å². The van der Waals surface area contributed by atoms with Crippen molar-refractivity contribution in [3.05, 3.63) is 136 Å². The number of hydroxylamine groups is 2. The summed E-state index contributed by atoms with van der Waals surface area (Å²) in [5, 5.41) is 0. The van der Waals surface area contributed by atoms with E-state index < -0.39 is 24.8 Å². The molecular weight excluding hydrogens is 922 g/mol. The first kappa shape index (κ1) is 48.3. The minimum absolute atomic E-state index is 0. The van der Waals surface area contributed by atoms with Gasteiger partial charge in [0.1, 0.15) is 53.9 Å². The SMILES string of the molecule is C.COc1nc(C2=NC(c3ccc(OC(F)(F)F)cc3)CON2)ccc1-n1cnc(C)c1.COc1nc(C2=NC(c3ccc(OC(F)(F)F)cc3)CON2)ccc1Br.Cc1cnc[nH]1. The number of rotatable bonds is 9. The van der Waals surface area contributed by atoms with E-state index >= 15 is 0 Å². The average Bonchev–Trinajstić information content (AvgIpc) is 3.94. The lowest BCUT2D eigenvalue weighted by Gasteiger charge is -2.22. The van der Waals surface area contributed by atoms with E-state index in [4.69, 9.17) is 19.1 Å². The minimum atomic E-state index is -4.74. The number of hydrogen-bond acceptors (Lipinski definition) is 14. The van der Waals surface area contributed by atoms with Crippen LogP contribution in [-0.4, -0.2) is 81.3 Å². The molecule has 0 saturated carbocycles. The van der Waals surface area contributed by atoms with Crippen LogP contribution in [0.1, 0.15) is 53.4 Å². The number of pyridine rings is 2. The van der Waals surface area contributed by atoms with Crippen LogP contribution in [0.4, 0.5) is 26.3 Å². The van der Waals surface area contributed by atoms with E-state index in [0.29, 0.717) is 56.1 Å². The number of hydrogen-bond donors (Lipinski definition) is 3. The minimum Gasteiger partial charge on any atom is -0.480 e. The quantitative estimate of drug-likeness (QED) is 0.118. The monoisotopic (exact) mass is 962 g/mol. The molecule has 6 aromatic rings. The van der Waals surface area contributed by atoms with E-state index in [0.717, 1.165) is 11.4 Å². The zero-order chi connectivity index (χ0) is 45.1. The fraction of sp³-hybridized carbons (Fsp3) is 0.268. The molecule has 2 aliphatic heterocycles. The molecule has 8 rings (SSSR count). The van der Waals surface area contributed by atoms with Gasteiger partial charge in [-0.3, -0.25) is 19.7 Å². The molecule has 2 aliphatic rings. The molecule has 0 spiro atoms. The maximum Gasteiger partial charge on any atom is 0.573 e.